The monoisotopic (exact) mass is 377 g/mol. The van der Waals surface area contributed by atoms with Gasteiger partial charge in [0.1, 0.15) is 18.1 Å². The standard InChI is InChI=1S/C16H16BrN3O3/c1-11-8-12(20(21)22)9-18-16(11)19-6-7-23-15(10-19)13-4-2-3-5-14(13)17/h2-5,8-9,15H,6-7,10H2,1H3. The maximum absolute atomic E-state index is 10.8. The second kappa shape index (κ2) is 6.64. The van der Waals surface area contributed by atoms with E-state index in [0.29, 0.717) is 19.7 Å². The molecule has 23 heavy (non-hydrogen) atoms. The van der Waals surface area contributed by atoms with Crippen molar-refractivity contribution in [3.63, 3.8) is 0 Å². The van der Waals surface area contributed by atoms with E-state index in [1.165, 1.54) is 6.20 Å². The van der Waals surface area contributed by atoms with Crippen molar-refractivity contribution >= 4 is 27.4 Å². The molecule has 1 aliphatic rings. The number of rotatable bonds is 3. The first kappa shape index (κ1) is 15.9. The molecule has 0 bridgehead atoms. The van der Waals surface area contributed by atoms with Gasteiger partial charge in [0.05, 0.1) is 11.5 Å². The van der Waals surface area contributed by atoms with E-state index in [9.17, 15) is 10.1 Å². The van der Waals surface area contributed by atoms with Crippen molar-refractivity contribution in [1.29, 1.82) is 0 Å². The van der Waals surface area contributed by atoms with Crippen LogP contribution in [0.2, 0.25) is 0 Å². The van der Waals surface area contributed by atoms with Gasteiger partial charge in [-0.15, -0.1) is 0 Å². The summed E-state index contributed by atoms with van der Waals surface area (Å²) in [5.74, 6) is 0.774. The number of nitro groups is 1. The molecule has 6 nitrogen and oxygen atoms in total. The molecule has 1 fully saturated rings. The lowest BCUT2D eigenvalue weighted by molar-refractivity contribution is -0.385. The van der Waals surface area contributed by atoms with Crippen molar-refractivity contribution in [3.8, 4) is 0 Å². The number of benzene rings is 1. The molecule has 1 saturated heterocycles. The summed E-state index contributed by atoms with van der Waals surface area (Å²) in [7, 11) is 0. The maximum Gasteiger partial charge on any atom is 0.287 e. The van der Waals surface area contributed by atoms with Crippen LogP contribution in [-0.2, 0) is 4.74 Å². The fourth-order valence-corrected chi connectivity index (χ4v) is 3.29. The van der Waals surface area contributed by atoms with E-state index in [4.69, 9.17) is 4.74 Å². The Bertz CT molecular complexity index is 738. The second-order valence-corrected chi connectivity index (χ2v) is 6.27. The first-order valence-electron chi connectivity index (χ1n) is 7.28. The van der Waals surface area contributed by atoms with Gasteiger partial charge in [-0.2, -0.15) is 0 Å². The number of aromatic nitrogens is 1. The average molecular weight is 378 g/mol. The molecule has 7 heteroatoms. The Morgan fingerprint density at radius 2 is 2.22 bits per heavy atom. The molecule has 3 rings (SSSR count). The SMILES string of the molecule is Cc1cc([N+](=O)[O-])cnc1N1CCOC(c2ccccc2Br)C1. The van der Waals surface area contributed by atoms with Gasteiger partial charge in [-0.1, -0.05) is 34.1 Å². The van der Waals surface area contributed by atoms with E-state index in [1.807, 2.05) is 31.2 Å². The van der Waals surface area contributed by atoms with E-state index in [1.54, 1.807) is 6.07 Å². The molecular formula is C16H16BrN3O3. The Labute approximate surface area is 142 Å². The number of pyridine rings is 1. The summed E-state index contributed by atoms with van der Waals surface area (Å²) in [6.07, 6.45) is 1.25. The summed E-state index contributed by atoms with van der Waals surface area (Å²) in [5.41, 5.74) is 1.91. The zero-order chi connectivity index (χ0) is 16.4. The van der Waals surface area contributed by atoms with Crippen molar-refractivity contribution in [3.05, 3.63) is 62.2 Å². The molecule has 2 heterocycles. The lowest BCUT2D eigenvalue weighted by Gasteiger charge is -2.35. The van der Waals surface area contributed by atoms with Gasteiger partial charge < -0.3 is 9.64 Å². The molecule has 0 radical (unpaired) electrons. The van der Waals surface area contributed by atoms with Gasteiger partial charge in [-0.25, -0.2) is 4.98 Å². The Balaban J connectivity index is 1.84. The van der Waals surface area contributed by atoms with Crippen LogP contribution < -0.4 is 4.90 Å². The van der Waals surface area contributed by atoms with Gasteiger partial charge in [-0.3, -0.25) is 10.1 Å². The highest BCUT2D eigenvalue weighted by atomic mass is 79.9. The Hall–Kier alpha value is -1.99. The van der Waals surface area contributed by atoms with Gasteiger partial charge in [0.15, 0.2) is 0 Å². The van der Waals surface area contributed by atoms with Gasteiger partial charge in [0, 0.05) is 23.6 Å². The number of halogens is 1. The highest BCUT2D eigenvalue weighted by Gasteiger charge is 2.25. The van der Waals surface area contributed by atoms with Crippen LogP contribution in [0.5, 0.6) is 0 Å². The predicted molar refractivity (Wildman–Crippen MR) is 90.7 cm³/mol. The molecule has 1 aromatic carbocycles. The fraction of sp³-hybridized carbons (Fsp3) is 0.312. The van der Waals surface area contributed by atoms with Crippen LogP contribution in [0.25, 0.3) is 0 Å². The molecule has 0 N–H and O–H groups in total. The van der Waals surface area contributed by atoms with Crippen LogP contribution in [0.15, 0.2) is 41.0 Å². The third-order valence-corrected chi connectivity index (χ3v) is 4.59. The lowest BCUT2D eigenvalue weighted by atomic mass is 10.1. The van der Waals surface area contributed by atoms with E-state index in [0.717, 1.165) is 21.4 Å². The zero-order valence-electron chi connectivity index (χ0n) is 12.6. The minimum absolute atomic E-state index is 0.0156. The number of aryl methyl sites for hydroxylation is 1. The maximum atomic E-state index is 10.8. The fourth-order valence-electron chi connectivity index (χ4n) is 2.75. The van der Waals surface area contributed by atoms with Crippen molar-refractivity contribution in [1.82, 2.24) is 4.98 Å². The largest absolute Gasteiger partial charge is 0.370 e. The van der Waals surface area contributed by atoms with Crippen molar-refractivity contribution in [2.24, 2.45) is 0 Å². The van der Waals surface area contributed by atoms with Gasteiger partial charge >= 0.3 is 0 Å². The molecule has 120 valence electrons. The summed E-state index contributed by atoms with van der Waals surface area (Å²) in [4.78, 5) is 16.8. The van der Waals surface area contributed by atoms with Gasteiger partial charge in [0.25, 0.3) is 5.69 Å². The zero-order valence-corrected chi connectivity index (χ0v) is 14.2. The minimum Gasteiger partial charge on any atom is -0.370 e. The van der Waals surface area contributed by atoms with Crippen LogP contribution in [0.3, 0.4) is 0 Å². The Morgan fingerprint density at radius 3 is 2.91 bits per heavy atom. The molecule has 0 amide bonds. The van der Waals surface area contributed by atoms with Gasteiger partial charge in [-0.05, 0) is 24.1 Å². The average Bonchev–Trinajstić information content (AvgIpc) is 2.55. The van der Waals surface area contributed by atoms with Crippen LogP contribution in [-0.4, -0.2) is 29.6 Å². The normalized spacial score (nSPS) is 18.0. The van der Waals surface area contributed by atoms with Crippen LogP contribution in [0.4, 0.5) is 11.5 Å². The minimum atomic E-state index is -0.424. The topological polar surface area (TPSA) is 68.5 Å². The molecule has 1 atom stereocenters. The summed E-state index contributed by atoms with van der Waals surface area (Å²) < 4.78 is 6.90. The summed E-state index contributed by atoms with van der Waals surface area (Å²) in [5, 5.41) is 10.8. The van der Waals surface area contributed by atoms with Crippen LogP contribution in [0.1, 0.15) is 17.2 Å². The van der Waals surface area contributed by atoms with Crippen LogP contribution >= 0.6 is 15.9 Å². The predicted octanol–water partition coefficient (Wildman–Crippen LogP) is 3.64. The van der Waals surface area contributed by atoms with Crippen molar-refractivity contribution < 1.29 is 9.66 Å². The number of nitrogens with zero attached hydrogens (tertiary/aromatic N) is 3. The molecule has 1 unspecified atom stereocenters. The quantitative estimate of drug-likeness (QED) is 0.603. The van der Waals surface area contributed by atoms with E-state index < -0.39 is 4.92 Å². The lowest BCUT2D eigenvalue weighted by Crippen LogP contribution is -2.39. The number of hydrogen-bond donors (Lipinski definition) is 0. The third kappa shape index (κ3) is 3.35. The highest BCUT2D eigenvalue weighted by Crippen LogP contribution is 2.31. The number of morpholine rings is 1. The molecule has 0 aliphatic carbocycles. The van der Waals surface area contributed by atoms with E-state index in [2.05, 4.69) is 25.8 Å². The third-order valence-electron chi connectivity index (χ3n) is 3.87. The smallest absolute Gasteiger partial charge is 0.287 e. The van der Waals surface area contributed by atoms with E-state index in [-0.39, 0.29) is 11.8 Å². The van der Waals surface area contributed by atoms with Gasteiger partial charge in [0.2, 0.25) is 0 Å². The first-order valence-corrected chi connectivity index (χ1v) is 8.07. The molecule has 2 aromatic rings. The summed E-state index contributed by atoms with van der Waals surface area (Å²) in [6.45, 7) is 3.81. The molecular weight excluding hydrogens is 362 g/mol. The molecule has 1 aliphatic heterocycles. The van der Waals surface area contributed by atoms with Crippen LogP contribution in [0, 0.1) is 17.0 Å². The Morgan fingerprint density at radius 1 is 1.43 bits per heavy atom. The molecule has 0 saturated carbocycles. The first-order chi connectivity index (χ1) is 11.1. The second-order valence-electron chi connectivity index (χ2n) is 5.42. The summed E-state index contributed by atoms with van der Waals surface area (Å²) in [6, 6.07) is 9.54. The van der Waals surface area contributed by atoms with Crippen molar-refractivity contribution in [2.45, 2.75) is 13.0 Å². The summed E-state index contributed by atoms with van der Waals surface area (Å²) >= 11 is 3.56. The number of hydrogen-bond acceptors (Lipinski definition) is 5. The number of anilines is 1. The van der Waals surface area contributed by atoms with Crippen molar-refractivity contribution in [2.75, 3.05) is 24.6 Å². The highest BCUT2D eigenvalue weighted by molar-refractivity contribution is 9.10. The molecule has 0 spiro atoms. The molecule has 1 aromatic heterocycles. The Kier molecular flexibility index (Phi) is 4.58. The van der Waals surface area contributed by atoms with E-state index >= 15 is 0 Å². The number of ether oxygens (including phenoxy) is 1.